The summed E-state index contributed by atoms with van der Waals surface area (Å²) < 4.78 is 16.5. The van der Waals surface area contributed by atoms with Gasteiger partial charge in [0, 0.05) is 5.56 Å². The van der Waals surface area contributed by atoms with Crippen molar-refractivity contribution in [2.75, 3.05) is 33.4 Å². The van der Waals surface area contributed by atoms with Crippen molar-refractivity contribution in [3.63, 3.8) is 0 Å². The van der Waals surface area contributed by atoms with Gasteiger partial charge in [-0.3, -0.25) is 4.79 Å². The Bertz CT molecular complexity index is 927. The van der Waals surface area contributed by atoms with Gasteiger partial charge in [0.1, 0.15) is 31.1 Å². The molecule has 0 aromatic heterocycles. The third-order valence-corrected chi connectivity index (χ3v) is 5.24. The summed E-state index contributed by atoms with van der Waals surface area (Å²) in [4.78, 5) is 14.2. The number of quaternary nitrogens is 1. The smallest absolute Gasteiger partial charge is 0.232 e. The highest BCUT2D eigenvalue weighted by Gasteiger charge is 2.33. The number of rotatable bonds is 4. The molecule has 2 aromatic carbocycles. The summed E-state index contributed by atoms with van der Waals surface area (Å²) in [6, 6.07) is 8.91. The number of morpholine rings is 1. The lowest BCUT2D eigenvalue weighted by Gasteiger charge is -2.26. The summed E-state index contributed by atoms with van der Waals surface area (Å²) in [5, 5.41) is 12.6. The van der Waals surface area contributed by atoms with Crippen LogP contribution in [0.2, 0.25) is 0 Å². The van der Waals surface area contributed by atoms with Crippen LogP contribution in [0, 0.1) is 6.92 Å². The number of carbonyl (C=O) groups excluding carboxylic acids is 1. The van der Waals surface area contributed by atoms with E-state index < -0.39 is 0 Å². The Hall–Kier alpha value is -2.83. The van der Waals surface area contributed by atoms with E-state index in [2.05, 4.69) is 0 Å². The highest BCUT2D eigenvalue weighted by molar-refractivity contribution is 6.15. The fraction of sp³-hybridized carbons (Fsp3) is 0.318. The van der Waals surface area contributed by atoms with Crippen molar-refractivity contribution < 1.29 is 29.0 Å². The standard InChI is InChI=1S/C22H23NO5/c1-14-11-18(24)17(13-23-7-9-27-10-8-23)22-20(14)21(25)19(28-22)12-15-3-5-16(26-2)6-4-15/h3-6,11-12,24H,7-10,13H2,1-2H3/b19-12-. The van der Waals surface area contributed by atoms with Crippen molar-refractivity contribution in [3.8, 4) is 17.2 Å². The molecule has 2 aromatic rings. The number of hydrogen-bond acceptors (Lipinski definition) is 5. The van der Waals surface area contributed by atoms with E-state index in [-0.39, 0.29) is 17.3 Å². The molecule has 0 unspecified atom stereocenters. The maximum absolute atomic E-state index is 13.0. The van der Waals surface area contributed by atoms with Crippen LogP contribution in [-0.2, 0) is 11.3 Å². The molecule has 1 fully saturated rings. The van der Waals surface area contributed by atoms with E-state index in [0.717, 1.165) is 24.4 Å². The summed E-state index contributed by atoms with van der Waals surface area (Å²) in [5.74, 6) is 1.16. The molecule has 0 bridgehead atoms. The van der Waals surface area contributed by atoms with Crippen molar-refractivity contribution in [3.05, 3.63) is 58.3 Å². The van der Waals surface area contributed by atoms with Crippen LogP contribution in [0.25, 0.3) is 6.08 Å². The van der Waals surface area contributed by atoms with Crippen molar-refractivity contribution >= 4 is 11.9 Å². The van der Waals surface area contributed by atoms with E-state index in [1.807, 2.05) is 24.3 Å². The van der Waals surface area contributed by atoms with Crippen molar-refractivity contribution in [2.45, 2.75) is 13.5 Å². The largest absolute Gasteiger partial charge is 0.872 e. The van der Waals surface area contributed by atoms with Crippen LogP contribution >= 0.6 is 0 Å². The van der Waals surface area contributed by atoms with E-state index >= 15 is 0 Å². The fourth-order valence-corrected chi connectivity index (χ4v) is 3.67. The Morgan fingerprint density at radius 1 is 1.21 bits per heavy atom. The highest BCUT2D eigenvalue weighted by atomic mass is 16.5. The molecule has 6 heteroatoms. The molecule has 0 amide bonds. The van der Waals surface area contributed by atoms with Crippen LogP contribution in [0.3, 0.4) is 0 Å². The summed E-state index contributed by atoms with van der Waals surface area (Å²) >= 11 is 0. The molecule has 2 aliphatic rings. The summed E-state index contributed by atoms with van der Waals surface area (Å²) in [6.45, 7) is 5.35. The molecule has 2 heterocycles. The van der Waals surface area contributed by atoms with Gasteiger partial charge in [-0.25, -0.2) is 0 Å². The van der Waals surface area contributed by atoms with Gasteiger partial charge in [-0.15, -0.1) is 0 Å². The van der Waals surface area contributed by atoms with Crippen LogP contribution in [0.5, 0.6) is 17.2 Å². The first-order valence-electron chi connectivity index (χ1n) is 9.40. The van der Waals surface area contributed by atoms with Crippen LogP contribution in [0.15, 0.2) is 36.1 Å². The van der Waals surface area contributed by atoms with E-state index in [9.17, 15) is 9.90 Å². The van der Waals surface area contributed by atoms with E-state index in [1.165, 1.54) is 4.90 Å². The van der Waals surface area contributed by atoms with Gasteiger partial charge < -0.3 is 24.2 Å². The van der Waals surface area contributed by atoms with E-state index in [1.54, 1.807) is 26.2 Å². The molecule has 2 aliphatic heterocycles. The molecule has 4 rings (SSSR count). The normalized spacial score (nSPS) is 18.2. The van der Waals surface area contributed by atoms with E-state index in [4.69, 9.17) is 14.2 Å². The molecular formula is C22H23NO5. The quantitative estimate of drug-likeness (QED) is 0.804. The van der Waals surface area contributed by atoms with Gasteiger partial charge in [0.15, 0.2) is 5.76 Å². The maximum Gasteiger partial charge on any atom is 0.232 e. The molecule has 0 saturated carbocycles. The second-order valence-corrected chi connectivity index (χ2v) is 7.13. The molecule has 0 radical (unpaired) electrons. The van der Waals surface area contributed by atoms with Gasteiger partial charge in [-0.2, -0.15) is 0 Å². The molecule has 28 heavy (non-hydrogen) atoms. The van der Waals surface area contributed by atoms with Gasteiger partial charge in [0.25, 0.3) is 0 Å². The fourth-order valence-electron chi connectivity index (χ4n) is 3.67. The molecule has 0 spiro atoms. The first kappa shape index (κ1) is 18.5. The topological polar surface area (TPSA) is 72.3 Å². The summed E-state index contributed by atoms with van der Waals surface area (Å²) in [5.41, 5.74) is 2.56. The zero-order valence-electron chi connectivity index (χ0n) is 16.0. The number of ketones is 1. The van der Waals surface area contributed by atoms with E-state index in [0.29, 0.717) is 42.2 Å². The number of Topliss-reactive ketones (excluding diaryl/α,β-unsaturated/α-hetero) is 1. The number of aryl methyl sites for hydroxylation is 1. The second kappa shape index (κ2) is 7.66. The van der Waals surface area contributed by atoms with Crippen LogP contribution in [-0.4, -0.2) is 39.2 Å². The van der Waals surface area contributed by atoms with Crippen molar-refractivity contribution in [1.29, 1.82) is 0 Å². The summed E-state index contributed by atoms with van der Waals surface area (Å²) in [7, 11) is 1.61. The first-order chi connectivity index (χ1) is 13.6. The number of carbonyl (C=O) groups is 1. The number of hydrogen-bond donors (Lipinski definition) is 1. The molecule has 0 aliphatic carbocycles. The maximum atomic E-state index is 13.0. The Labute approximate surface area is 163 Å². The molecule has 1 N–H and O–H groups in total. The summed E-state index contributed by atoms with van der Waals surface area (Å²) in [6.07, 6.45) is 1.71. The zero-order valence-corrected chi connectivity index (χ0v) is 16.0. The molecular weight excluding hydrogens is 358 g/mol. The van der Waals surface area contributed by atoms with Crippen LogP contribution in [0.1, 0.15) is 27.0 Å². The Morgan fingerprint density at radius 2 is 1.93 bits per heavy atom. The second-order valence-electron chi connectivity index (χ2n) is 7.13. The lowest BCUT2D eigenvalue weighted by atomic mass is 9.99. The molecule has 0 atom stereocenters. The minimum absolute atomic E-state index is 0.0752. The third kappa shape index (κ3) is 3.48. The number of allylic oxidation sites excluding steroid dienone is 1. The van der Waals surface area contributed by atoms with Crippen LogP contribution in [0.4, 0.5) is 0 Å². The number of benzene rings is 2. The predicted octanol–water partition coefficient (Wildman–Crippen LogP) is 1.11. The average molecular weight is 381 g/mol. The van der Waals surface area contributed by atoms with Crippen LogP contribution < -0.4 is 19.5 Å². The van der Waals surface area contributed by atoms with Gasteiger partial charge >= 0.3 is 0 Å². The Kier molecular flexibility index (Phi) is 5.07. The van der Waals surface area contributed by atoms with Crippen molar-refractivity contribution in [2.24, 2.45) is 0 Å². The zero-order chi connectivity index (χ0) is 19.7. The van der Waals surface area contributed by atoms with Crippen molar-refractivity contribution in [1.82, 2.24) is 0 Å². The number of fused-ring (bicyclic) bond motifs is 1. The van der Waals surface area contributed by atoms with Gasteiger partial charge in [0.2, 0.25) is 5.78 Å². The van der Waals surface area contributed by atoms with Gasteiger partial charge in [-0.05, 0) is 36.3 Å². The predicted molar refractivity (Wildman–Crippen MR) is 102 cm³/mol. The number of ether oxygens (including phenoxy) is 3. The lowest BCUT2D eigenvalue weighted by Crippen LogP contribution is -3.12. The van der Waals surface area contributed by atoms with Gasteiger partial charge in [-0.1, -0.05) is 23.9 Å². The lowest BCUT2D eigenvalue weighted by molar-refractivity contribution is -0.921. The SMILES string of the molecule is COc1ccc(/C=C2\Oc3c(C[NH+]4CCOCC4)c([O-])cc(C)c3C2=O)cc1. The average Bonchev–Trinajstić information content (AvgIpc) is 3.03. The Morgan fingerprint density at radius 3 is 2.61 bits per heavy atom. The monoisotopic (exact) mass is 381 g/mol. The minimum Gasteiger partial charge on any atom is -0.872 e. The Balaban J connectivity index is 1.67. The first-order valence-corrected chi connectivity index (χ1v) is 9.40. The van der Waals surface area contributed by atoms with Gasteiger partial charge in [0.05, 0.1) is 25.9 Å². The number of nitrogens with one attached hydrogen (secondary N) is 1. The molecule has 6 nitrogen and oxygen atoms in total. The minimum atomic E-state index is -0.179. The molecule has 1 saturated heterocycles. The third-order valence-electron chi connectivity index (χ3n) is 5.24. The number of methoxy groups -OCH3 is 1. The highest BCUT2D eigenvalue weighted by Crippen LogP contribution is 2.40. The molecule has 146 valence electrons.